The third kappa shape index (κ3) is 1.61. The zero-order valence-electron chi connectivity index (χ0n) is 6.44. The number of rotatable bonds is 1. The Morgan fingerprint density at radius 3 is 2.30 bits per heavy atom. The van der Waals surface area contributed by atoms with Gasteiger partial charge >= 0.3 is 0 Å². The molecule has 0 radical (unpaired) electrons. The van der Waals surface area contributed by atoms with Gasteiger partial charge in [0.05, 0.1) is 0 Å². The Labute approximate surface area is 74.4 Å². The van der Waals surface area contributed by atoms with Crippen molar-refractivity contribution >= 4 is 27.3 Å². The van der Waals surface area contributed by atoms with Crippen molar-refractivity contribution in [1.82, 2.24) is 0 Å². The number of aryl methyl sites for hydroxylation is 2. The lowest BCUT2D eigenvalue weighted by Gasteiger charge is -1.99. The van der Waals surface area contributed by atoms with E-state index in [4.69, 9.17) is 0 Å². The van der Waals surface area contributed by atoms with Crippen LogP contribution in [0.25, 0.3) is 0 Å². The molecule has 0 aliphatic heterocycles. The molecule has 0 N–H and O–H groups in total. The molecule has 0 bridgehead atoms. The molecular weight excluding hydrogens is 208 g/mol. The van der Waals surface area contributed by atoms with Gasteiger partial charge in [-0.25, -0.2) is 0 Å². The smallest absolute Gasteiger partial charge is 0.0378 e. The van der Waals surface area contributed by atoms with Crippen molar-refractivity contribution in [1.29, 1.82) is 0 Å². The second-order valence-electron chi connectivity index (χ2n) is 2.48. The summed E-state index contributed by atoms with van der Waals surface area (Å²) in [6.45, 7) is 6.48. The van der Waals surface area contributed by atoms with E-state index < -0.39 is 0 Å². The SMILES string of the molecule is Cc1cc(C(C)Br)c(C)s1. The predicted octanol–water partition coefficient (Wildman–Crippen LogP) is 3.82. The second-order valence-corrected chi connectivity index (χ2v) is 5.32. The molecule has 1 aromatic rings. The molecule has 0 aromatic carbocycles. The summed E-state index contributed by atoms with van der Waals surface area (Å²) in [5.41, 5.74) is 1.43. The maximum atomic E-state index is 3.55. The molecule has 10 heavy (non-hydrogen) atoms. The Balaban J connectivity index is 3.03. The highest BCUT2D eigenvalue weighted by atomic mass is 79.9. The highest BCUT2D eigenvalue weighted by molar-refractivity contribution is 9.09. The molecule has 0 saturated heterocycles. The maximum absolute atomic E-state index is 3.55. The summed E-state index contributed by atoms with van der Waals surface area (Å²) < 4.78 is 0. The minimum atomic E-state index is 0.498. The van der Waals surface area contributed by atoms with Crippen LogP contribution in [-0.2, 0) is 0 Å². The van der Waals surface area contributed by atoms with E-state index in [0.29, 0.717) is 4.83 Å². The Morgan fingerprint density at radius 2 is 2.10 bits per heavy atom. The Bertz CT molecular complexity index is 225. The average molecular weight is 219 g/mol. The van der Waals surface area contributed by atoms with Crippen LogP contribution >= 0.6 is 27.3 Å². The van der Waals surface area contributed by atoms with Crippen LogP contribution in [0, 0.1) is 13.8 Å². The molecule has 1 heterocycles. The molecule has 0 fully saturated rings. The molecular formula is C8H11BrS. The van der Waals surface area contributed by atoms with Gasteiger partial charge in [0.2, 0.25) is 0 Å². The van der Waals surface area contributed by atoms with Crippen molar-refractivity contribution in [2.24, 2.45) is 0 Å². The van der Waals surface area contributed by atoms with Gasteiger partial charge < -0.3 is 0 Å². The number of alkyl halides is 1. The van der Waals surface area contributed by atoms with Gasteiger partial charge in [-0.05, 0) is 32.4 Å². The monoisotopic (exact) mass is 218 g/mol. The first-order valence-electron chi connectivity index (χ1n) is 3.32. The predicted molar refractivity (Wildman–Crippen MR) is 51.1 cm³/mol. The van der Waals surface area contributed by atoms with Crippen LogP contribution in [0.4, 0.5) is 0 Å². The lowest BCUT2D eigenvalue weighted by molar-refractivity contribution is 1.12. The van der Waals surface area contributed by atoms with Gasteiger partial charge in [-0.15, -0.1) is 11.3 Å². The zero-order chi connectivity index (χ0) is 7.72. The molecule has 1 aromatic heterocycles. The Hall–Kier alpha value is 0.180. The summed E-state index contributed by atoms with van der Waals surface area (Å²) >= 11 is 5.42. The van der Waals surface area contributed by atoms with E-state index >= 15 is 0 Å². The summed E-state index contributed by atoms with van der Waals surface area (Å²) in [5, 5.41) is 0. The third-order valence-corrected chi connectivity index (χ3v) is 2.98. The van der Waals surface area contributed by atoms with E-state index in [0.717, 1.165) is 0 Å². The van der Waals surface area contributed by atoms with E-state index in [-0.39, 0.29) is 0 Å². The molecule has 1 unspecified atom stereocenters. The molecule has 0 aliphatic carbocycles. The summed E-state index contributed by atoms with van der Waals surface area (Å²) in [6.07, 6.45) is 0. The highest BCUT2D eigenvalue weighted by Gasteiger charge is 2.06. The molecule has 0 nitrogen and oxygen atoms in total. The molecule has 56 valence electrons. The number of hydrogen-bond donors (Lipinski definition) is 0. The van der Waals surface area contributed by atoms with Crippen LogP contribution in [0.1, 0.15) is 27.1 Å². The molecule has 0 spiro atoms. The average Bonchev–Trinajstić information content (AvgIpc) is 2.10. The van der Waals surface area contributed by atoms with E-state index in [2.05, 4.69) is 42.8 Å². The summed E-state index contributed by atoms with van der Waals surface area (Å²) in [6, 6.07) is 2.25. The molecule has 1 atom stereocenters. The van der Waals surface area contributed by atoms with Crippen LogP contribution in [0.3, 0.4) is 0 Å². The van der Waals surface area contributed by atoms with Crippen LogP contribution in [-0.4, -0.2) is 0 Å². The van der Waals surface area contributed by atoms with E-state index in [1.807, 2.05) is 11.3 Å². The van der Waals surface area contributed by atoms with Gasteiger partial charge in [-0.2, -0.15) is 0 Å². The molecule has 0 aliphatic rings. The Morgan fingerprint density at radius 1 is 1.50 bits per heavy atom. The summed E-state index contributed by atoms with van der Waals surface area (Å²) in [5.74, 6) is 0. The normalized spacial score (nSPS) is 13.6. The van der Waals surface area contributed by atoms with Crippen molar-refractivity contribution in [3.63, 3.8) is 0 Å². The van der Waals surface area contributed by atoms with Gasteiger partial charge in [0, 0.05) is 14.6 Å². The fourth-order valence-electron chi connectivity index (χ4n) is 1.05. The standard InChI is InChI=1S/C8H11BrS/c1-5-4-8(6(2)9)7(3)10-5/h4,6H,1-3H3. The zero-order valence-corrected chi connectivity index (χ0v) is 8.84. The van der Waals surface area contributed by atoms with Crippen molar-refractivity contribution in [2.75, 3.05) is 0 Å². The topological polar surface area (TPSA) is 0 Å². The fourth-order valence-corrected chi connectivity index (χ4v) is 2.69. The molecule has 1 rings (SSSR count). The lowest BCUT2D eigenvalue weighted by atomic mass is 10.2. The van der Waals surface area contributed by atoms with Gasteiger partial charge in [-0.3, -0.25) is 0 Å². The van der Waals surface area contributed by atoms with Gasteiger partial charge in [0.25, 0.3) is 0 Å². The van der Waals surface area contributed by atoms with E-state index in [1.54, 1.807) is 0 Å². The molecule has 0 saturated carbocycles. The summed E-state index contributed by atoms with van der Waals surface area (Å²) in [4.78, 5) is 3.33. The quantitative estimate of drug-likeness (QED) is 0.630. The first-order chi connectivity index (χ1) is 4.61. The second kappa shape index (κ2) is 3.05. The van der Waals surface area contributed by atoms with Gasteiger partial charge in [0.1, 0.15) is 0 Å². The van der Waals surface area contributed by atoms with Crippen molar-refractivity contribution in [3.8, 4) is 0 Å². The fraction of sp³-hybridized carbons (Fsp3) is 0.500. The van der Waals surface area contributed by atoms with Crippen LogP contribution in [0.5, 0.6) is 0 Å². The highest BCUT2D eigenvalue weighted by Crippen LogP contribution is 2.30. The van der Waals surface area contributed by atoms with Crippen LogP contribution in [0.2, 0.25) is 0 Å². The number of thiophene rings is 1. The first kappa shape index (κ1) is 8.28. The number of halogens is 1. The van der Waals surface area contributed by atoms with Gasteiger partial charge in [0.15, 0.2) is 0 Å². The van der Waals surface area contributed by atoms with Crippen molar-refractivity contribution < 1.29 is 0 Å². The third-order valence-electron chi connectivity index (χ3n) is 1.51. The van der Waals surface area contributed by atoms with Gasteiger partial charge in [-0.1, -0.05) is 15.9 Å². The Kier molecular flexibility index (Phi) is 2.53. The molecule has 0 amide bonds. The minimum Gasteiger partial charge on any atom is -0.146 e. The van der Waals surface area contributed by atoms with Crippen LogP contribution in [0.15, 0.2) is 6.07 Å². The van der Waals surface area contributed by atoms with E-state index in [1.165, 1.54) is 15.3 Å². The first-order valence-corrected chi connectivity index (χ1v) is 5.05. The minimum absolute atomic E-state index is 0.498. The maximum Gasteiger partial charge on any atom is 0.0378 e. The van der Waals surface area contributed by atoms with Crippen molar-refractivity contribution in [3.05, 3.63) is 21.4 Å². The van der Waals surface area contributed by atoms with Crippen molar-refractivity contribution in [2.45, 2.75) is 25.6 Å². The largest absolute Gasteiger partial charge is 0.146 e. The lowest BCUT2D eigenvalue weighted by Crippen LogP contribution is -1.80. The number of hydrogen-bond acceptors (Lipinski definition) is 1. The van der Waals surface area contributed by atoms with E-state index in [9.17, 15) is 0 Å². The molecule has 2 heteroatoms. The van der Waals surface area contributed by atoms with Crippen LogP contribution < -0.4 is 0 Å². The summed E-state index contributed by atoms with van der Waals surface area (Å²) in [7, 11) is 0.